The number of benzene rings is 2. The average molecular weight is 412 g/mol. The first-order valence-corrected chi connectivity index (χ1v) is 11.0. The van der Waals surface area contributed by atoms with Gasteiger partial charge in [-0.25, -0.2) is 4.98 Å². The van der Waals surface area contributed by atoms with Crippen LogP contribution in [0.3, 0.4) is 0 Å². The zero-order valence-electron chi connectivity index (χ0n) is 17.6. The van der Waals surface area contributed by atoms with Crippen molar-refractivity contribution < 1.29 is 4.42 Å². The average Bonchev–Trinajstić information content (AvgIpc) is 3.14. The summed E-state index contributed by atoms with van der Waals surface area (Å²) in [5, 5.41) is 2.41. The van der Waals surface area contributed by atoms with Gasteiger partial charge in [-0.05, 0) is 48.2 Å². The highest BCUT2D eigenvalue weighted by atomic mass is 16.4. The minimum Gasteiger partial charge on any atom is -0.441 e. The van der Waals surface area contributed by atoms with E-state index in [1.54, 1.807) is 6.07 Å². The van der Waals surface area contributed by atoms with Crippen LogP contribution in [0, 0.1) is 12.8 Å². The summed E-state index contributed by atoms with van der Waals surface area (Å²) in [6.45, 7) is 5.56. The second kappa shape index (κ2) is 7.20. The molecular weight excluding hydrogens is 386 g/mol. The molecule has 1 fully saturated rings. The first-order chi connectivity index (χ1) is 15.1. The summed E-state index contributed by atoms with van der Waals surface area (Å²) in [5.41, 5.74) is 3.33. The third-order valence-electron chi connectivity index (χ3n) is 6.82. The van der Waals surface area contributed by atoms with Crippen LogP contribution in [-0.2, 0) is 13.1 Å². The molecule has 0 radical (unpaired) electrons. The number of aromatic nitrogens is 2. The fraction of sp³-hybridized carbons (Fsp3) is 0.308. The van der Waals surface area contributed by atoms with Crippen molar-refractivity contribution in [2.45, 2.75) is 32.4 Å². The normalized spacial score (nSPS) is 20.7. The van der Waals surface area contributed by atoms with Crippen LogP contribution in [-0.4, -0.2) is 27.5 Å². The number of hydrogen-bond acceptors (Lipinski definition) is 4. The van der Waals surface area contributed by atoms with E-state index in [0.717, 1.165) is 43.2 Å². The van der Waals surface area contributed by atoms with E-state index < -0.39 is 0 Å². The molecule has 0 saturated carbocycles. The van der Waals surface area contributed by atoms with E-state index in [0.29, 0.717) is 17.7 Å². The highest BCUT2D eigenvalue weighted by Crippen LogP contribution is 2.36. The van der Waals surface area contributed by atoms with Gasteiger partial charge in [-0.15, -0.1) is 0 Å². The molecule has 6 rings (SSSR count). The first kappa shape index (κ1) is 18.6. The maximum atomic E-state index is 12.3. The zero-order chi connectivity index (χ0) is 20.9. The second-order valence-corrected chi connectivity index (χ2v) is 8.98. The van der Waals surface area contributed by atoms with Crippen LogP contribution in [0.4, 0.5) is 0 Å². The van der Waals surface area contributed by atoms with Crippen molar-refractivity contribution in [1.82, 2.24) is 14.5 Å². The third-order valence-corrected chi connectivity index (χ3v) is 6.82. The molecule has 2 aromatic heterocycles. The molecule has 5 nitrogen and oxygen atoms in total. The lowest BCUT2D eigenvalue weighted by Crippen LogP contribution is -2.46. The van der Waals surface area contributed by atoms with Crippen LogP contribution in [0.15, 0.2) is 69.9 Å². The van der Waals surface area contributed by atoms with Crippen molar-refractivity contribution >= 4 is 10.8 Å². The van der Waals surface area contributed by atoms with E-state index in [4.69, 9.17) is 9.40 Å². The molecule has 2 aromatic carbocycles. The Hall–Kier alpha value is -3.18. The smallest absolute Gasteiger partial charge is 0.250 e. The number of likely N-dealkylation sites (tertiary alicyclic amines) is 1. The number of nitrogens with zero attached hydrogens (tertiary/aromatic N) is 3. The van der Waals surface area contributed by atoms with Crippen LogP contribution >= 0.6 is 0 Å². The van der Waals surface area contributed by atoms with Crippen LogP contribution in [0.2, 0.25) is 0 Å². The summed E-state index contributed by atoms with van der Waals surface area (Å²) in [6, 6.07) is 20.4. The molecule has 156 valence electrons. The van der Waals surface area contributed by atoms with Gasteiger partial charge in [-0.2, -0.15) is 0 Å². The third kappa shape index (κ3) is 3.29. The molecule has 2 atom stereocenters. The van der Waals surface area contributed by atoms with Gasteiger partial charge in [-0.3, -0.25) is 9.69 Å². The van der Waals surface area contributed by atoms with Crippen molar-refractivity contribution in [2.75, 3.05) is 13.1 Å². The predicted octanol–water partition coefficient (Wildman–Crippen LogP) is 4.58. The quantitative estimate of drug-likeness (QED) is 0.495. The van der Waals surface area contributed by atoms with Gasteiger partial charge >= 0.3 is 0 Å². The lowest BCUT2D eigenvalue weighted by Gasteiger charge is -2.42. The zero-order valence-corrected chi connectivity index (χ0v) is 17.6. The first-order valence-electron chi connectivity index (χ1n) is 11.0. The minimum absolute atomic E-state index is 0.132. The molecule has 4 aromatic rings. The van der Waals surface area contributed by atoms with Gasteiger partial charge in [0, 0.05) is 49.4 Å². The van der Waals surface area contributed by atoms with Crippen molar-refractivity contribution in [3.63, 3.8) is 0 Å². The van der Waals surface area contributed by atoms with Crippen molar-refractivity contribution in [2.24, 2.45) is 5.92 Å². The highest BCUT2D eigenvalue weighted by molar-refractivity contribution is 5.86. The summed E-state index contributed by atoms with van der Waals surface area (Å²) in [7, 11) is 0. The molecule has 31 heavy (non-hydrogen) atoms. The summed E-state index contributed by atoms with van der Waals surface area (Å²) in [4.78, 5) is 19.6. The molecule has 2 unspecified atom stereocenters. The van der Waals surface area contributed by atoms with Gasteiger partial charge in [0.25, 0.3) is 5.56 Å². The predicted molar refractivity (Wildman–Crippen MR) is 121 cm³/mol. The Balaban J connectivity index is 1.25. The number of fused-ring (bicyclic) bond motifs is 5. The van der Waals surface area contributed by atoms with Crippen LogP contribution in [0.1, 0.15) is 29.5 Å². The Labute approximate surface area is 181 Å². The lowest BCUT2D eigenvalue weighted by molar-refractivity contribution is 0.113. The molecule has 0 aliphatic carbocycles. The number of hydrogen-bond donors (Lipinski definition) is 0. The maximum Gasteiger partial charge on any atom is 0.250 e. The van der Waals surface area contributed by atoms with Crippen LogP contribution < -0.4 is 5.56 Å². The molecular formula is C26H25N3O2. The van der Waals surface area contributed by atoms with Gasteiger partial charge in [0.05, 0.1) is 5.69 Å². The minimum atomic E-state index is 0.132. The van der Waals surface area contributed by atoms with E-state index in [-0.39, 0.29) is 5.56 Å². The standard InChI is InChI=1S/C26H25N3O2/c1-17-23(27-26(31-17)21-10-9-19-5-2-3-6-20(19)12-21)16-28-13-18-11-22(15-28)24-7-4-8-25(30)29(24)14-18/h2-10,12,18,22H,11,13-16H2,1H3. The van der Waals surface area contributed by atoms with E-state index in [2.05, 4.69) is 53.4 Å². The van der Waals surface area contributed by atoms with E-state index >= 15 is 0 Å². The summed E-state index contributed by atoms with van der Waals surface area (Å²) in [6.07, 6.45) is 1.17. The lowest BCUT2D eigenvalue weighted by atomic mass is 9.83. The highest BCUT2D eigenvalue weighted by Gasteiger charge is 2.34. The van der Waals surface area contributed by atoms with E-state index in [1.807, 2.05) is 17.6 Å². The fourth-order valence-electron chi connectivity index (χ4n) is 5.36. The number of pyridine rings is 1. The molecule has 5 heteroatoms. The Kier molecular flexibility index (Phi) is 4.32. The van der Waals surface area contributed by atoms with Crippen LogP contribution in [0.5, 0.6) is 0 Å². The maximum absolute atomic E-state index is 12.3. The fourth-order valence-corrected chi connectivity index (χ4v) is 5.36. The van der Waals surface area contributed by atoms with E-state index in [1.165, 1.54) is 22.9 Å². The van der Waals surface area contributed by atoms with Crippen LogP contribution in [0.25, 0.3) is 22.2 Å². The Morgan fingerprint density at radius 3 is 2.77 bits per heavy atom. The van der Waals surface area contributed by atoms with Crippen molar-refractivity contribution in [3.8, 4) is 11.5 Å². The summed E-state index contributed by atoms with van der Waals surface area (Å²) < 4.78 is 8.06. The molecule has 0 N–H and O–H groups in total. The summed E-state index contributed by atoms with van der Waals surface area (Å²) >= 11 is 0. The molecule has 2 aliphatic heterocycles. The topological polar surface area (TPSA) is 51.3 Å². The Morgan fingerprint density at radius 1 is 1.00 bits per heavy atom. The molecule has 0 amide bonds. The van der Waals surface area contributed by atoms with Crippen molar-refractivity contribution in [1.29, 1.82) is 0 Å². The Bertz CT molecular complexity index is 1340. The number of piperidine rings is 1. The largest absolute Gasteiger partial charge is 0.441 e. The SMILES string of the molecule is Cc1oc(-c2ccc3ccccc3c2)nc1CN1CC2CC(C1)c1cccc(=O)n1C2. The number of aryl methyl sites for hydroxylation is 1. The van der Waals surface area contributed by atoms with Crippen molar-refractivity contribution in [3.05, 3.63) is 88.2 Å². The molecule has 0 spiro atoms. The molecule has 2 aliphatic rings. The monoisotopic (exact) mass is 411 g/mol. The van der Waals surface area contributed by atoms with Gasteiger partial charge in [-0.1, -0.05) is 36.4 Å². The molecule has 2 bridgehead atoms. The molecule has 1 saturated heterocycles. The molecule has 4 heterocycles. The number of rotatable bonds is 3. The second-order valence-electron chi connectivity index (χ2n) is 8.98. The van der Waals surface area contributed by atoms with E-state index in [9.17, 15) is 4.79 Å². The number of oxazole rings is 1. The van der Waals surface area contributed by atoms with Gasteiger partial charge in [0.2, 0.25) is 5.89 Å². The van der Waals surface area contributed by atoms with Gasteiger partial charge in [0.1, 0.15) is 5.76 Å². The van der Waals surface area contributed by atoms with Gasteiger partial charge in [0.15, 0.2) is 0 Å². The summed E-state index contributed by atoms with van der Waals surface area (Å²) in [5.74, 6) is 2.50. The Morgan fingerprint density at radius 2 is 1.87 bits per heavy atom. The van der Waals surface area contributed by atoms with Gasteiger partial charge < -0.3 is 8.98 Å².